The average molecular weight is 363 g/mol. The van der Waals surface area contributed by atoms with Gasteiger partial charge in [0.05, 0.1) is 7.11 Å². The topological polar surface area (TPSA) is 88.2 Å². The third-order valence-electron chi connectivity index (χ3n) is 3.76. The van der Waals surface area contributed by atoms with Crippen LogP contribution in [0.5, 0.6) is 5.75 Å². The Morgan fingerprint density at radius 3 is 2.48 bits per heavy atom. The van der Waals surface area contributed by atoms with Gasteiger partial charge in [0.1, 0.15) is 23.7 Å². The fourth-order valence-electron chi connectivity index (χ4n) is 2.48. The number of rotatable bonds is 7. The Morgan fingerprint density at radius 1 is 1.00 bits per heavy atom. The summed E-state index contributed by atoms with van der Waals surface area (Å²) < 4.78 is 5.16. The molecule has 3 N–H and O–H groups in total. The molecule has 0 saturated carbocycles. The lowest BCUT2D eigenvalue weighted by molar-refractivity contribution is -0.114. The highest BCUT2D eigenvalue weighted by Gasteiger charge is 2.02. The highest BCUT2D eigenvalue weighted by molar-refractivity contribution is 5.89. The van der Waals surface area contributed by atoms with Gasteiger partial charge in [0.25, 0.3) is 0 Å². The molecule has 0 radical (unpaired) electrons. The first-order chi connectivity index (χ1) is 13.1. The summed E-state index contributed by atoms with van der Waals surface area (Å²) in [7, 11) is 1.65. The maximum atomic E-state index is 11.2. The van der Waals surface area contributed by atoms with Gasteiger partial charge in [-0.15, -0.1) is 0 Å². The van der Waals surface area contributed by atoms with Crippen molar-refractivity contribution in [1.29, 1.82) is 0 Å². The van der Waals surface area contributed by atoms with E-state index in [-0.39, 0.29) is 5.91 Å². The van der Waals surface area contributed by atoms with Crippen LogP contribution in [0.4, 0.5) is 23.0 Å². The Morgan fingerprint density at radius 2 is 1.74 bits per heavy atom. The van der Waals surface area contributed by atoms with Crippen molar-refractivity contribution >= 4 is 28.9 Å². The number of benzene rings is 2. The van der Waals surface area contributed by atoms with E-state index in [0.29, 0.717) is 18.2 Å². The van der Waals surface area contributed by atoms with Gasteiger partial charge in [0.15, 0.2) is 0 Å². The number of ether oxygens (including phenoxy) is 1. The zero-order valence-corrected chi connectivity index (χ0v) is 15.2. The lowest BCUT2D eigenvalue weighted by atomic mass is 10.2. The number of amides is 1. The van der Waals surface area contributed by atoms with E-state index in [4.69, 9.17) is 4.74 Å². The van der Waals surface area contributed by atoms with E-state index in [1.165, 1.54) is 13.3 Å². The van der Waals surface area contributed by atoms with E-state index in [9.17, 15) is 4.79 Å². The molecule has 7 heteroatoms. The largest absolute Gasteiger partial charge is 0.497 e. The van der Waals surface area contributed by atoms with Crippen LogP contribution in [-0.4, -0.2) is 23.0 Å². The predicted molar refractivity (Wildman–Crippen MR) is 106 cm³/mol. The number of nitrogens with one attached hydrogen (secondary N) is 3. The number of nitrogens with zero attached hydrogens (tertiary/aromatic N) is 2. The molecule has 0 bridgehead atoms. The number of anilines is 4. The van der Waals surface area contributed by atoms with Crippen LogP contribution in [0.3, 0.4) is 0 Å². The lowest BCUT2D eigenvalue weighted by Crippen LogP contribution is -2.06. The Hall–Kier alpha value is -3.61. The maximum absolute atomic E-state index is 11.2. The van der Waals surface area contributed by atoms with Crippen LogP contribution in [0, 0.1) is 0 Å². The second kappa shape index (κ2) is 8.66. The van der Waals surface area contributed by atoms with Crippen LogP contribution in [0.15, 0.2) is 60.9 Å². The van der Waals surface area contributed by atoms with Crippen molar-refractivity contribution in [3.63, 3.8) is 0 Å². The molecule has 7 nitrogen and oxygen atoms in total. The molecular formula is C20H21N5O2. The quantitative estimate of drug-likeness (QED) is 0.592. The summed E-state index contributed by atoms with van der Waals surface area (Å²) in [6.07, 6.45) is 1.50. The number of hydrogen-bond donors (Lipinski definition) is 3. The Kier molecular flexibility index (Phi) is 5.84. The van der Waals surface area contributed by atoms with Crippen LogP contribution in [0.2, 0.25) is 0 Å². The molecule has 0 spiro atoms. The van der Waals surface area contributed by atoms with Gasteiger partial charge >= 0.3 is 0 Å². The van der Waals surface area contributed by atoms with E-state index in [2.05, 4.69) is 25.9 Å². The van der Waals surface area contributed by atoms with Crippen molar-refractivity contribution in [2.75, 3.05) is 23.1 Å². The second-order valence-electron chi connectivity index (χ2n) is 5.88. The van der Waals surface area contributed by atoms with Crippen LogP contribution in [-0.2, 0) is 11.3 Å². The molecular weight excluding hydrogens is 342 g/mol. The first kappa shape index (κ1) is 18.2. The number of hydrogen-bond acceptors (Lipinski definition) is 6. The van der Waals surface area contributed by atoms with Crippen molar-refractivity contribution in [1.82, 2.24) is 9.97 Å². The molecule has 0 fully saturated rings. The normalized spacial score (nSPS) is 10.1. The lowest BCUT2D eigenvalue weighted by Gasteiger charge is -2.10. The maximum Gasteiger partial charge on any atom is 0.221 e. The number of carbonyl (C=O) groups excluding carboxylic acids is 1. The Labute approximate surface area is 157 Å². The van der Waals surface area contributed by atoms with Crippen molar-refractivity contribution < 1.29 is 9.53 Å². The van der Waals surface area contributed by atoms with E-state index < -0.39 is 0 Å². The fraction of sp³-hybridized carbons (Fsp3) is 0.150. The van der Waals surface area contributed by atoms with Crippen molar-refractivity contribution in [2.24, 2.45) is 0 Å². The van der Waals surface area contributed by atoms with Crippen LogP contribution in [0.1, 0.15) is 12.5 Å². The van der Waals surface area contributed by atoms with Crippen LogP contribution >= 0.6 is 0 Å². The van der Waals surface area contributed by atoms with Crippen molar-refractivity contribution in [3.8, 4) is 5.75 Å². The van der Waals surface area contributed by atoms with Gasteiger partial charge in [-0.3, -0.25) is 4.79 Å². The van der Waals surface area contributed by atoms with Crippen molar-refractivity contribution in [2.45, 2.75) is 13.5 Å². The third kappa shape index (κ3) is 5.43. The predicted octanol–water partition coefficient (Wildman–Crippen LogP) is 3.80. The summed E-state index contributed by atoms with van der Waals surface area (Å²) in [4.78, 5) is 19.7. The Balaban J connectivity index is 1.63. The smallest absolute Gasteiger partial charge is 0.221 e. The van der Waals surface area contributed by atoms with Gasteiger partial charge in [-0.25, -0.2) is 9.97 Å². The van der Waals surface area contributed by atoms with Crippen LogP contribution < -0.4 is 20.7 Å². The molecule has 0 unspecified atom stereocenters. The summed E-state index contributed by atoms with van der Waals surface area (Å²) in [5.41, 5.74) is 2.66. The molecule has 138 valence electrons. The standard InChI is InChI=1S/C20H21N5O2/c1-14(26)24-16-4-3-5-17(10-16)25-20-11-19(22-13-23-20)21-12-15-6-8-18(27-2)9-7-15/h3-11,13H,12H2,1-2H3,(H,24,26)(H2,21,22,23,25). The molecule has 1 amide bonds. The molecule has 3 aromatic rings. The monoisotopic (exact) mass is 363 g/mol. The van der Waals surface area contributed by atoms with E-state index in [0.717, 1.165) is 22.7 Å². The van der Waals surface area contributed by atoms with Gasteiger partial charge in [-0.1, -0.05) is 18.2 Å². The zero-order valence-electron chi connectivity index (χ0n) is 15.2. The molecule has 0 atom stereocenters. The molecule has 27 heavy (non-hydrogen) atoms. The highest BCUT2D eigenvalue weighted by Crippen LogP contribution is 2.20. The van der Waals surface area contributed by atoms with Gasteiger partial charge in [0.2, 0.25) is 5.91 Å². The summed E-state index contributed by atoms with van der Waals surface area (Å²) >= 11 is 0. The second-order valence-corrected chi connectivity index (χ2v) is 5.88. The number of carbonyl (C=O) groups is 1. The molecule has 3 rings (SSSR count). The van der Waals surface area contributed by atoms with E-state index in [1.54, 1.807) is 7.11 Å². The molecule has 2 aromatic carbocycles. The SMILES string of the molecule is COc1ccc(CNc2cc(Nc3cccc(NC(C)=O)c3)ncn2)cc1. The summed E-state index contributed by atoms with van der Waals surface area (Å²) in [6.45, 7) is 2.11. The zero-order chi connectivity index (χ0) is 19.1. The number of methoxy groups -OCH3 is 1. The third-order valence-corrected chi connectivity index (χ3v) is 3.76. The van der Waals surface area contributed by atoms with E-state index >= 15 is 0 Å². The summed E-state index contributed by atoms with van der Waals surface area (Å²) in [5, 5.41) is 9.24. The molecule has 1 heterocycles. The first-order valence-electron chi connectivity index (χ1n) is 8.46. The van der Waals surface area contributed by atoms with Crippen LogP contribution in [0.25, 0.3) is 0 Å². The molecule has 0 aliphatic heterocycles. The van der Waals surface area contributed by atoms with E-state index in [1.807, 2.05) is 54.6 Å². The summed E-state index contributed by atoms with van der Waals surface area (Å²) in [6, 6.07) is 17.1. The fourth-order valence-corrected chi connectivity index (χ4v) is 2.48. The molecule has 0 aliphatic rings. The minimum absolute atomic E-state index is 0.112. The minimum atomic E-state index is -0.112. The summed E-state index contributed by atoms with van der Waals surface area (Å²) in [5.74, 6) is 2.08. The van der Waals surface area contributed by atoms with Gasteiger partial charge in [-0.05, 0) is 35.9 Å². The minimum Gasteiger partial charge on any atom is -0.497 e. The Bertz CT molecular complexity index is 912. The van der Waals surface area contributed by atoms with Gasteiger partial charge < -0.3 is 20.7 Å². The average Bonchev–Trinajstić information content (AvgIpc) is 2.67. The molecule has 1 aromatic heterocycles. The van der Waals surface area contributed by atoms with Gasteiger partial charge in [-0.2, -0.15) is 0 Å². The first-order valence-corrected chi connectivity index (χ1v) is 8.46. The van der Waals surface area contributed by atoms with Crippen molar-refractivity contribution in [3.05, 3.63) is 66.5 Å². The molecule has 0 aliphatic carbocycles. The molecule has 0 saturated heterocycles. The number of aromatic nitrogens is 2. The highest BCUT2D eigenvalue weighted by atomic mass is 16.5. The van der Waals surface area contributed by atoms with Gasteiger partial charge in [0, 0.05) is 30.9 Å².